The van der Waals surface area contributed by atoms with Crippen molar-refractivity contribution in [1.29, 1.82) is 0 Å². The van der Waals surface area contributed by atoms with Crippen LogP contribution in [0.25, 0.3) is 0 Å². The Balaban J connectivity index is 2.39. The average molecular weight is 269 g/mol. The highest BCUT2D eigenvalue weighted by Crippen LogP contribution is 2.24. The lowest BCUT2D eigenvalue weighted by atomic mass is 10.1. The Morgan fingerprint density at radius 3 is 2.58 bits per heavy atom. The van der Waals surface area contributed by atoms with E-state index in [4.69, 9.17) is 19.6 Å². The third-order valence-electron chi connectivity index (χ3n) is 3.07. The van der Waals surface area contributed by atoms with Crippen molar-refractivity contribution in [2.24, 2.45) is 5.73 Å². The Morgan fingerprint density at radius 1 is 1.21 bits per heavy atom. The van der Waals surface area contributed by atoms with Gasteiger partial charge >= 0.3 is 0 Å². The summed E-state index contributed by atoms with van der Waals surface area (Å²) in [5, 5.41) is 0. The molecule has 1 heterocycles. The summed E-state index contributed by atoms with van der Waals surface area (Å²) < 4.78 is 16.9. The van der Waals surface area contributed by atoms with Crippen LogP contribution < -0.4 is 5.73 Å². The maximum absolute atomic E-state index is 6.10. The van der Waals surface area contributed by atoms with Gasteiger partial charge in [0.25, 0.3) is 0 Å². The van der Waals surface area contributed by atoms with Gasteiger partial charge in [0, 0.05) is 12.6 Å². The second-order valence-corrected chi connectivity index (χ2v) is 4.78. The van der Waals surface area contributed by atoms with Gasteiger partial charge in [-0.3, -0.25) is 0 Å². The van der Waals surface area contributed by atoms with Crippen LogP contribution in [0.5, 0.6) is 0 Å². The van der Waals surface area contributed by atoms with Crippen LogP contribution in [-0.2, 0) is 9.47 Å². The Morgan fingerprint density at radius 2 is 2.00 bits per heavy atom. The van der Waals surface area contributed by atoms with Crippen LogP contribution >= 0.6 is 0 Å². The van der Waals surface area contributed by atoms with Crippen molar-refractivity contribution < 1.29 is 13.9 Å². The third kappa shape index (κ3) is 5.76. The molecule has 0 spiro atoms. The van der Waals surface area contributed by atoms with E-state index in [0.29, 0.717) is 13.2 Å². The molecule has 1 aromatic heterocycles. The maximum atomic E-state index is 6.10. The molecule has 2 atom stereocenters. The summed E-state index contributed by atoms with van der Waals surface area (Å²) in [5.41, 5.74) is 6.10. The van der Waals surface area contributed by atoms with Gasteiger partial charge in [-0.05, 0) is 31.9 Å². The first-order valence-electron chi connectivity index (χ1n) is 7.20. The van der Waals surface area contributed by atoms with Crippen molar-refractivity contribution in [2.45, 2.75) is 52.2 Å². The Kier molecular flexibility index (Phi) is 7.79. The third-order valence-corrected chi connectivity index (χ3v) is 3.07. The smallest absolute Gasteiger partial charge is 0.134 e. The SMILES string of the molecule is CCCCOCCOC(c1ccc(C)o1)C(N)CC. The number of hydrogen-bond donors (Lipinski definition) is 1. The van der Waals surface area contributed by atoms with Crippen molar-refractivity contribution in [3.05, 3.63) is 23.7 Å². The number of hydrogen-bond acceptors (Lipinski definition) is 4. The molecule has 0 saturated heterocycles. The van der Waals surface area contributed by atoms with Crippen LogP contribution in [0.15, 0.2) is 16.5 Å². The summed E-state index contributed by atoms with van der Waals surface area (Å²) in [6.07, 6.45) is 2.90. The maximum Gasteiger partial charge on any atom is 0.134 e. The predicted molar refractivity (Wildman–Crippen MR) is 76.1 cm³/mol. The molecule has 19 heavy (non-hydrogen) atoms. The highest BCUT2D eigenvalue weighted by Gasteiger charge is 2.22. The van der Waals surface area contributed by atoms with Crippen molar-refractivity contribution in [1.82, 2.24) is 0 Å². The number of rotatable bonds is 10. The molecule has 4 heteroatoms. The van der Waals surface area contributed by atoms with Crippen LogP contribution in [0.2, 0.25) is 0 Å². The lowest BCUT2D eigenvalue weighted by Crippen LogP contribution is -2.30. The van der Waals surface area contributed by atoms with E-state index < -0.39 is 0 Å². The van der Waals surface area contributed by atoms with Crippen LogP contribution in [0, 0.1) is 6.92 Å². The molecule has 0 amide bonds. The normalized spacial score (nSPS) is 14.5. The molecule has 0 bridgehead atoms. The van der Waals surface area contributed by atoms with E-state index >= 15 is 0 Å². The Bertz CT molecular complexity index is 338. The monoisotopic (exact) mass is 269 g/mol. The first-order chi connectivity index (χ1) is 9.19. The summed E-state index contributed by atoms with van der Waals surface area (Å²) in [6.45, 7) is 8.06. The molecule has 0 aromatic carbocycles. The first kappa shape index (κ1) is 16.2. The molecular formula is C15H27NO3. The second kappa shape index (κ2) is 9.13. The number of unbranched alkanes of at least 4 members (excludes halogenated alkanes) is 1. The number of nitrogens with two attached hydrogens (primary N) is 1. The zero-order valence-corrected chi connectivity index (χ0v) is 12.4. The van der Waals surface area contributed by atoms with Crippen molar-refractivity contribution in [2.75, 3.05) is 19.8 Å². The summed E-state index contributed by atoms with van der Waals surface area (Å²) in [5.74, 6) is 1.69. The zero-order chi connectivity index (χ0) is 14.1. The van der Waals surface area contributed by atoms with Gasteiger partial charge < -0.3 is 19.6 Å². The zero-order valence-electron chi connectivity index (χ0n) is 12.4. The molecule has 0 aliphatic rings. The number of aryl methyl sites for hydroxylation is 1. The Hall–Kier alpha value is -0.840. The topological polar surface area (TPSA) is 57.6 Å². The van der Waals surface area contributed by atoms with Gasteiger partial charge in [-0.1, -0.05) is 20.3 Å². The van der Waals surface area contributed by atoms with Crippen molar-refractivity contribution >= 4 is 0 Å². The van der Waals surface area contributed by atoms with Gasteiger partial charge in [0.2, 0.25) is 0 Å². The summed E-state index contributed by atoms with van der Waals surface area (Å²) in [4.78, 5) is 0. The first-order valence-corrected chi connectivity index (χ1v) is 7.20. The molecule has 0 fully saturated rings. The van der Waals surface area contributed by atoms with Gasteiger partial charge in [0.05, 0.1) is 13.2 Å². The molecule has 0 aliphatic carbocycles. The summed E-state index contributed by atoms with van der Waals surface area (Å²) in [7, 11) is 0. The molecule has 0 saturated carbocycles. The van der Waals surface area contributed by atoms with Gasteiger partial charge in [-0.2, -0.15) is 0 Å². The largest absolute Gasteiger partial charge is 0.464 e. The number of furan rings is 1. The minimum Gasteiger partial charge on any atom is -0.464 e. The highest BCUT2D eigenvalue weighted by molar-refractivity contribution is 5.10. The minimum atomic E-state index is -0.187. The second-order valence-electron chi connectivity index (χ2n) is 4.78. The van der Waals surface area contributed by atoms with Crippen LogP contribution in [-0.4, -0.2) is 25.9 Å². The lowest BCUT2D eigenvalue weighted by Gasteiger charge is -2.21. The van der Waals surface area contributed by atoms with Crippen molar-refractivity contribution in [3.8, 4) is 0 Å². The van der Waals surface area contributed by atoms with E-state index in [1.165, 1.54) is 0 Å². The quantitative estimate of drug-likeness (QED) is 0.663. The Labute approximate surface area is 116 Å². The fraction of sp³-hybridized carbons (Fsp3) is 0.733. The molecular weight excluding hydrogens is 242 g/mol. The van der Waals surface area contributed by atoms with E-state index in [1.54, 1.807) is 0 Å². The van der Waals surface area contributed by atoms with Crippen molar-refractivity contribution in [3.63, 3.8) is 0 Å². The fourth-order valence-corrected chi connectivity index (χ4v) is 1.82. The van der Waals surface area contributed by atoms with E-state index in [2.05, 4.69) is 13.8 Å². The molecule has 110 valence electrons. The standard InChI is InChI=1S/C15H27NO3/c1-4-6-9-17-10-11-18-15(13(16)5-2)14-8-7-12(3)19-14/h7-8,13,15H,4-6,9-11,16H2,1-3H3. The average Bonchev–Trinajstić information content (AvgIpc) is 2.83. The summed E-state index contributed by atoms with van der Waals surface area (Å²) >= 11 is 0. The molecule has 1 aromatic rings. The van der Waals surface area contributed by atoms with Gasteiger partial charge in [-0.15, -0.1) is 0 Å². The molecule has 0 radical (unpaired) electrons. The molecule has 2 N–H and O–H groups in total. The van der Waals surface area contributed by atoms with E-state index in [9.17, 15) is 0 Å². The van der Waals surface area contributed by atoms with Crippen LogP contribution in [0.1, 0.15) is 50.7 Å². The predicted octanol–water partition coefficient (Wildman–Crippen LogP) is 3.20. The highest BCUT2D eigenvalue weighted by atomic mass is 16.5. The molecule has 0 aliphatic heterocycles. The van der Waals surface area contributed by atoms with Gasteiger partial charge in [-0.25, -0.2) is 0 Å². The fourth-order valence-electron chi connectivity index (χ4n) is 1.82. The minimum absolute atomic E-state index is 0.0545. The molecule has 2 unspecified atom stereocenters. The van der Waals surface area contributed by atoms with Crippen LogP contribution in [0.3, 0.4) is 0 Å². The molecule has 1 rings (SSSR count). The molecule has 4 nitrogen and oxygen atoms in total. The lowest BCUT2D eigenvalue weighted by molar-refractivity contribution is -0.0176. The van der Waals surface area contributed by atoms with Crippen LogP contribution in [0.4, 0.5) is 0 Å². The summed E-state index contributed by atoms with van der Waals surface area (Å²) in [6, 6.07) is 3.82. The van der Waals surface area contributed by atoms with E-state index in [0.717, 1.165) is 37.4 Å². The van der Waals surface area contributed by atoms with Gasteiger partial charge in [0.1, 0.15) is 17.6 Å². The van der Waals surface area contributed by atoms with Gasteiger partial charge in [0.15, 0.2) is 0 Å². The van der Waals surface area contributed by atoms with E-state index in [1.807, 2.05) is 19.1 Å². The number of ether oxygens (including phenoxy) is 2. The van der Waals surface area contributed by atoms with E-state index in [-0.39, 0.29) is 12.1 Å².